The molecule has 0 bridgehead atoms. The zero-order valence-corrected chi connectivity index (χ0v) is 14.6. The van der Waals surface area contributed by atoms with Crippen molar-refractivity contribution in [2.45, 2.75) is 5.25 Å². The third-order valence-corrected chi connectivity index (χ3v) is 3.84. The number of ether oxygens (including phenoxy) is 4. The van der Waals surface area contributed by atoms with Crippen molar-refractivity contribution in [1.29, 1.82) is 0 Å². The Balaban J connectivity index is 1.92. The summed E-state index contributed by atoms with van der Waals surface area (Å²) >= 11 is 4.65. The van der Waals surface area contributed by atoms with E-state index in [2.05, 4.69) is 12.6 Å². The van der Waals surface area contributed by atoms with Gasteiger partial charge in [-0.15, -0.1) is 0 Å². The van der Waals surface area contributed by atoms with Crippen LogP contribution in [0.3, 0.4) is 0 Å². The molecule has 0 N–H and O–H groups in total. The van der Waals surface area contributed by atoms with E-state index in [0.29, 0.717) is 11.5 Å². The highest BCUT2D eigenvalue weighted by Gasteiger charge is 2.10. The fourth-order valence-electron chi connectivity index (χ4n) is 2.03. The first-order valence-corrected chi connectivity index (χ1v) is 8.01. The molecule has 2 rings (SSSR count). The maximum absolute atomic E-state index is 9.97. The van der Waals surface area contributed by atoms with E-state index >= 15 is 0 Å². The van der Waals surface area contributed by atoms with Gasteiger partial charge in [0.15, 0.2) is 24.4 Å². The molecule has 2 aromatic rings. The maximum atomic E-state index is 9.97. The molecule has 0 amide bonds. The van der Waals surface area contributed by atoms with Gasteiger partial charge in [0.05, 0.1) is 5.25 Å². The highest BCUT2D eigenvalue weighted by atomic mass is 32.1. The van der Waals surface area contributed by atoms with Crippen molar-refractivity contribution < 1.29 is 28.5 Å². The van der Waals surface area contributed by atoms with E-state index in [1.54, 1.807) is 24.3 Å². The summed E-state index contributed by atoms with van der Waals surface area (Å²) in [6.45, 7) is -0.126. The van der Waals surface area contributed by atoms with Gasteiger partial charge in [-0.3, -0.25) is 0 Å². The Hall–Kier alpha value is -3.11. The molecule has 0 atom stereocenters. The largest absolute Gasteiger partial charge is 0.457 e. The Kier molecular flexibility index (Phi) is 7.90. The molecule has 0 fully saturated rings. The molecule has 0 heterocycles. The van der Waals surface area contributed by atoms with Gasteiger partial charge in [0.2, 0.25) is 13.6 Å². The van der Waals surface area contributed by atoms with Crippen LogP contribution in [0.15, 0.2) is 61.1 Å². The van der Waals surface area contributed by atoms with Gasteiger partial charge in [-0.1, -0.05) is 24.3 Å². The average Bonchev–Trinajstić information content (AvgIpc) is 2.69. The third kappa shape index (κ3) is 6.07. The molecule has 0 unspecified atom stereocenters. The van der Waals surface area contributed by atoms with Crippen molar-refractivity contribution in [1.82, 2.24) is 0 Å². The van der Waals surface area contributed by atoms with Crippen LogP contribution in [0.5, 0.6) is 11.5 Å². The number of rotatable bonds is 10. The Labute approximate surface area is 156 Å². The lowest BCUT2D eigenvalue weighted by molar-refractivity contribution is 0.0813. The molecule has 0 aliphatic carbocycles. The molecule has 0 spiro atoms. The fraction of sp³-hybridized carbons (Fsp3) is 0.158. The monoisotopic (exact) mass is 372 g/mol. The molecule has 0 saturated carbocycles. The predicted octanol–water partition coefficient (Wildman–Crippen LogP) is 3.10. The Morgan fingerprint density at radius 1 is 0.769 bits per heavy atom. The highest BCUT2D eigenvalue weighted by molar-refractivity contribution is 7.80. The van der Waals surface area contributed by atoms with E-state index in [1.165, 1.54) is 11.9 Å². The van der Waals surface area contributed by atoms with Crippen molar-refractivity contribution in [3.63, 3.8) is 0 Å². The van der Waals surface area contributed by atoms with Crippen molar-refractivity contribution in [2.75, 3.05) is 13.6 Å². The van der Waals surface area contributed by atoms with Gasteiger partial charge in [-0.25, -0.2) is 9.59 Å². The van der Waals surface area contributed by atoms with E-state index in [0.717, 1.165) is 23.7 Å². The first kappa shape index (κ1) is 19.2. The van der Waals surface area contributed by atoms with Crippen molar-refractivity contribution in [3.8, 4) is 11.5 Å². The summed E-state index contributed by atoms with van der Waals surface area (Å²) in [5.74, 6) is 4.22. The minimum absolute atomic E-state index is 0.0628. The van der Waals surface area contributed by atoms with Crippen molar-refractivity contribution in [3.05, 3.63) is 72.2 Å². The maximum Gasteiger partial charge on any atom is 0.231 e. The van der Waals surface area contributed by atoms with E-state index in [4.69, 9.17) is 18.9 Å². The first-order chi connectivity index (χ1) is 12.7. The van der Waals surface area contributed by atoms with Gasteiger partial charge in [-0.05, 0) is 35.4 Å². The normalized spacial score (nSPS) is 10.7. The van der Waals surface area contributed by atoms with E-state index in [1.807, 2.05) is 24.3 Å². The van der Waals surface area contributed by atoms with Crippen LogP contribution in [-0.2, 0) is 19.1 Å². The first-order valence-electron chi connectivity index (χ1n) is 7.50. The number of hydrogen-bond donors (Lipinski definition) is 1. The molecule has 0 radical (unpaired) electrons. The minimum Gasteiger partial charge on any atom is -0.457 e. The fourth-order valence-corrected chi connectivity index (χ4v) is 2.37. The van der Waals surface area contributed by atoms with Crippen LogP contribution in [0.1, 0.15) is 16.4 Å². The summed E-state index contributed by atoms with van der Waals surface area (Å²) in [4.78, 5) is 19.9. The summed E-state index contributed by atoms with van der Waals surface area (Å²) in [5.41, 5.74) is 1.98. The standard InChI is InChI=1S/C19H16O6S/c20-9-11-22-13-24-17-5-1-15(2-6-17)19(26)16-3-7-18(8-4-16)25-14-23-12-10-21/h1-8,11-12,19,26H,13-14H2. The van der Waals surface area contributed by atoms with Crippen LogP contribution >= 0.6 is 12.6 Å². The molecule has 6 nitrogen and oxygen atoms in total. The second-order valence-corrected chi connectivity index (χ2v) is 5.39. The average molecular weight is 372 g/mol. The predicted molar refractivity (Wildman–Crippen MR) is 97.4 cm³/mol. The number of benzene rings is 2. The zero-order chi connectivity index (χ0) is 18.6. The summed E-state index contributed by atoms with van der Waals surface area (Å²) in [6, 6.07) is 14.8. The van der Waals surface area contributed by atoms with Crippen LogP contribution in [-0.4, -0.2) is 25.5 Å². The smallest absolute Gasteiger partial charge is 0.231 e. The highest BCUT2D eigenvalue weighted by Crippen LogP contribution is 2.30. The number of carbonyl (C=O) groups excluding carboxylic acids is 2. The second kappa shape index (κ2) is 10.7. The molecule has 26 heavy (non-hydrogen) atoms. The molecule has 2 aromatic carbocycles. The van der Waals surface area contributed by atoms with Crippen LogP contribution in [0.4, 0.5) is 0 Å². The van der Waals surface area contributed by atoms with Crippen molar-refractivity contribution >= 4 is 24.5 Å². The molecule has 0 aliphatic heterocycles. The summed E-state index contributed by atoms with van der Waals surface area (Å²) in [5, 5.41) is -0.124. The Morgan fingerprint density at radius 2 is 1.15 bits per heavy atom. The molecule has 134 valence electrons. The van der Waals surface area contributed by atoms with Gasteiger partial charge >= 0.3 is 0 Å². The van der Waals surface area contributed by atoms with Gasteiger partial charge in [0, 0.05) is 0 Å². The van der Waals surface area contributed by atoms with Crippen LogP contribution in [0.25, 0.3) is 0 Å². The van der Waals surface area contributed by atoms with E-state index in [-0.39, 0.29) is 18.8 Å². The lowest BCUT2D eigenvalue weighted by Gasteiger charge is -2.13. The Morgan fingerprint density at radius 3 is 1.50 bits per heavy atom. The second-order valence-electron chi connectivity index (χ2n) is 4.87. The summed E-state index contributed by atoms with van der Waals surface area (Å²) in [7, 11) is 0. The third-order valence-electron chi connectivity index (χ3n) is 3.24. The summed E-state index contributed by atoms with van der Waals surface area (Å²) < 4.78 is 20.1. The SMILES string of the molecule is O=C=COCOc1ccc(C(S)c2ccc(OCOC=C=O)cc2)cc1. The number of hydrogen-bond acceptors (Lipinski definition) is 7. The minimum atomic E-state index is -0.124. The van der Waals surface area contributed by atoms with E-state index < -0.39 is 0 Å². The number of thiol groups is 1. The van der Waals surface area contributed by atoms with Gasteiger partial charge in [-0.2, -0.15) is 12.6 Å². The molecule has 0 aromatic heterocycles. The Bertz CT molecular complexity index is 707. The van der Waals surface area contributed by atoms with Gasteiger partial charge < -0.3 is 18.9 Å². The molecule has 7 heteroatoms. The van der Waals surface area contributed by atoms with Crippen LogP contribution in [0.2, 0.25) is 0 Å². The molecular formula is C19H16O6S. The molecule has 0 aliphatic rings. The quantitative estimate of drug-likeness (QED) is 0.227. The summed E-state index contributed by atoms with van der Waals surface area (Å²) in [6.07, 6.45) is 1.80. The van der Waals surface area contributed by atoms with Crippen molar-refractivity contribution in [2.24, 2.45) is 0 Å². The molecular weight excluding hydrogens is 356 g/mol. The van der Waals surface area contributed by atoms with Gasteiger partial charge in [0.1, 0.15) is 11.5 Å². The molecule has 0 saturated heterocycles. The van der Waals surface area contributed by atoms with Crippen LogP contribution < -0.4 is 9.47 Å². The lowest BCUT2D eigenvalue weighted by Crippen LogP contribution is -2.00. The zero-order valence-electron chi connectivity index (χ0n) is 13.7. The van der Waals surface area contributed by atoms with Crippen LogP contribution in [0, 0.1) is 0 Å². The lowest BCUT2D eigenvalue weighted by atomic mass is 10.0. The topological polar surface area (TPSA) is 71.1 Å². The van der Waals surface area contributed by atoms with E-state index in [9.17, 15) is 9.59 Å². The van der Waals surface area contributed by atoms with Gasteiger partial charge in [0.25, 0.3) is 0 Å².